The lowest BCUT2D eigenvalue weighted by Crippen LogP contribution is -2.02. The van der Waals surface area contributed by atoms with Crippen molar-refractivity contribution < 1.29 is 0 Å². The van der Waals surface area contributed by atoms with E-state index in [-0.39, 0.29) is 0 Å². The molecule has 0 bridgehead atoms. The SMILES string of the molecule is C/C=C/CNc1cc(Cl)nc(C)n1. The van der Waals surface area contributed by atoms with Gasteiger partial charge in [0.25, 0.3) is 0 Å². The lowest BCUT2D eigenvalue weighted by atomic mass is 10.5. The molecule has 1 rings (SSSR count). The zero-order valence-electron chi connectivity index (χ0n) is 7.71. The van der Waals surface area contributed by atoms with Crippen molar-refractivity contribution in [3.8, 4) is 0 Å². The first kappa shape index (κ1) is 9.99. The van der Waals surface area contributed by atoms with Crippen LogP contribution in [0, 0.1) is 6.92 Å². The van der Waals surface area contributed by atoms with Crippen LogP contribution in [0.15, 0.2) is 18.2 Å². The van der Waals surface area contributed by atoms with Gasteiger partial charge in [0.15, 0.2) is 0 Å². The van der Waals surface area contributed by atoms with Crippen molar-refractivity contribution in [1.82, 2.24) is 9.97 Å². The van der Waals surface area contributed by atoms with Gasteiger partial charge in [-0.25, -0.2) is 9.97 Å². The number of rotatable bonds is 3. The van der Waals surface area contributed by atoms with Crippen LogP contribution in [0.3, 0.4) is 0 Å². The minimum atomic E-state index is 0.468. The zero-order valence-corrected chi connectivity index (χ0v) is 8.47. The van der Waals surface area contributed by atoms with Gasteiger partial charge in [0, 0.05) is 12.6 Å². The van der Waals surface area contributed by atoms with Crippen molar-refractivity contribution in [3.05, 3.63) is 29.2 Å². The topological polar surface area (TPSA) is 37.8 Å². The maximum atomic E-state index is 5.75. The summed E-state index contributed by atoms with van der Waals surface area (Å²) in [5.74, 6) is 1.44. The van der Waals surface area contributed by atoms with Crippen molar-refractivity contribution >= 4 is 17.4 Å². The van der Waals surface area contributed by atoms with Crippen LogP contribution in [0.5, 0.6) is 0 Å². The number of hydrogen-bond donors (Lipinski definition) is 1. The number of aryl methyl sites for hydroxylation is 1. The molecule has 1 N–H and O–H groups in total. The van der Waals surface area contributed by atoms with Crippen LogP contribution < -0.4 is 5.32 Å². The van der Waals surface area contributed by atoms with E-state index >= 15 is 0 Å². The summed E-state index contributed by atoms with van der Waals surface area (Å²) in [4.78, 5) is 8.12. The van der Waals surface area contributed by atoms with E-state index in [0.717, 1.165) is 12.4 Å². The summed E-state index contributed by atoms with van der Waals surface area (Å²) in [5, 5.41) is 3.57. The Morgan fingerprint density at radius 1 is 1.54 bits per heavy atom. The quantitative estimate of drug-likeness (QED) is 0.598. The minimum Gasteiger partial charge on any atom is -0.366 e. The summed E-state index contributed by atoms with van der Waals surface area (Å²) in [6.45, 7) is 4.54. The van der Waals surface area contributed by atoms with E-state index in [9.17, 15) is 0 Å². The van der Waals surface area contributed by atoms with Gasteiger partial charge in [-0.2, -0.15) is 0 Å². The Morgan fingerprint density at radius 3 is 2.92 bits per heavy atom. The molecule has 0 aliphatic rings. The molecule has 0 aliphatic carbocycles. The van der Waals surface area contributed by atoms with Gasteiger partial charge in [0.2, 0.25) is 0 Å². The summed E-state index contributed by atoms with van der Waals surface area (Å²) in [6.07, 6.45) is 3.98. The Balaban J connectivity index is 2.66. The van der Waals surface area contributed by atoms with Gasteiger partial charge in [-0.15, -0.1) is 0 Å². The average molecular weight is 198 g/mol. The van der Waals surface area contributed by atoms with Crippen molar-refractivity contribution in [2.24, 2.45) is 0 Å². The second-order valence-electron chi connectivity index (χ2n) is 2.57. The maximum Gasteiger partial charge on any atom is 0.134 e. The Bertz CT molecular complexity index is 289. The van der Waals surface area contributed by atoms with Crippen LogP contribution in [0.1, 0.15) is 12.7 Å². The molecule has 4 heteroatoms. The molecular formula is C9H12ClN3. The highest BCUT2D eigenvalue weighted by molar-refractivity contribution is 6.29. The van der Waals surface area contributed by atoms with Gasteiger partial charge in [-0.05, 0) is 13.8 Å². The number of halogens is 1. The lowest BCUT2D eigenvalue weighted by Gasteiger charge is -2.02. The van der Waals surface area contributed by atoms with E-state index < -0.39 is 0 Å². The van der Waals surface area contributed by atoms with Crippen LogP contribution in [-0.2, 0) is 0 Å². The van der Waals surface area contributed by atoms with Crippen LogP contribution in [0.4, 0.5) is 5.82 Å². The second kappa shape index (κ2) is 4.82. The van der Waals surface area contributed by atoms with Crippen molar-refractivity contribution in [3.63, 3.8) is 0 Å². The molecule has 0 radical (unpaired) electrons. The number of nitrogens with one attached hydrogen (secondary N) is 1. The number of nitrogens with zero attached hydrogens (tertiary/aromatic N) is 2. The molecule has 1 aromatic heterocycles. The second-order valence-corrected chi connectivity index (χ2v) is 2.96. The Hall–Kier alpha value is -1.09. The molecule has 0 aliphatic heterocycles. The summed E-state index contributed by atoms with van der Waals surface area (Å²) in [7, 11) is 0. The van der Waals surface area contributed by atoms with E-state index in [1.807, 2.05) is 26.0 Å². The standard InChI is InChI=1S/C9H12ClN3/c1-3-4-5-11-9-6-8(10)12-7(2)13-9/h3-4,6H,5H2,1-2H3,(H,11,12,13)/b4-3+. The predicted octanol–water partition coefficient (Wildman–Crippen LogP) is 2.43. The molecule has 1 aromatic rings. The van der Waals surface area contributed by atoms with Gasteiger partial charge in [0.05, 0.1) is 0 Å². The Morgan fingerprint density at radius 2 is 2.31 bits per heavy atom. The van der Waals surface area contributed by atoms with Crippen molar-refractivity contribution in [2.45, 2.75) is 13.8 Å². The summed E-state index contributed by atoms with van der Waals surface area (Å²) < 4.78 is 0. The fourth-order valence-corrected chi connectivity index (χ4v) is 1.13. The highest BCUT2D eigenvalue weighted by atomic mass is 35.5. The van der Waals surface area contributed by atoms with Gasteiger partial charge in [-0.1, -0.05) is 23.8 Å². The smallest absolute Gasteiger partial charge is 0.134 e. The molecule has 0 saturated heterocycles. The van der Waals surface area contributed by atoms with E-state index in [4.69, 9.17) is 11.6 Å². The van der Waals surface area contributed by atoms with E-state index in [0.29, 0.717) is 11.0 Å². The third kappa shape index (κ3) is 3.42. The average Bonchev–Trinajstić information content (AvgIpc) is 2.03. The molecule has 0 fully saturated rings. The molecule has 0 unspecified atom stereocenters. The number of hydrogen-bond acceptors (Lipinski definition) is 3. The van der Waals surface area contributed by atoms with Gasteiger partial charge < -0.3 is 5.32 Å². The van der Waals surface area contributed by atoms with Crippen LogP contribution in [0.2, 0.25) is 5.15 Å². The normalized spacial score (nSPS) is 10.7. The first-order valence-corrected chi connectivity index (χ1v) is 4.46. The third-order valence-corrected chi connectivity index (χ3v) is 1.64. The van der Waals surface area contributed by atoms with Gasteiger partial charge in [-0.3, -0.25) is 0 Å². The molecule has 13 heavy (non-hydrogen) atoms. The fraction of sp³-hybridized carbons (Fsp3) is 0.333. The Kier molecular flexibility index (Phi) is 3.71. The molecule has 1 heterocycles. The highest BCUT2D eigenvalue weighted by Gasteiger charge is 1.97. The molecule has 3 nitrogen and oxygen atoms in total. The van der Waals surface area contributed by atoms with E-state index in [1.54, 1.807) is 6.07 Å². The maximum absolute atomic E-state index is 5.75. The molecule has 0 amide bonds. The van der Waals surface area contributed by atoms with Crippen molar-refractivity contribution in [2.75, 3.05) is 11.9 Å². The number of anilines is 1. The molecule has 70 valence electrons. The third-order valence-electron chi connectivity index (χ3n) is 1.44. The molecule has 0 spiro atoms. The van der Waals surface area contributed by atoms with Gasteiger partial charge in [0.1, 0.15) is 16.8 Å². The minimum absolute atomic E-state index is 0.468. The monoisotopic (exact) mass is 197 g/mol. The van der Waals surface area contributed by atoms with Gasteiger partial charge >= 0.3 is 0 Å². The predicted molar refractivity (Wildman–Crippen MR) is 55.1 cm³/mol. The molecule has 0 aromatic carbocycles. The van der Waals surface area contributed by atoms with E-state index in [1.165, 1.54) is 0 Å². The van der Waals surface area contributed by atoms with Crippen LogP contribution in [-0.4, -0.2) is 16.5 Å². The lowest BCUT2D eigenvalue weighted by molar-refractivity contribution is 1.04. The molecule has 0 atom stereocenters. The molecular weight excluding hydrogens is 186 g/mol. The fourth-order valence-electron chi connectivity index (χ4n) is 0.903. The highest BCUT2D eigenvalue weighted by Crippen LogP contribution is 2.10. The summed E-state index contributed by atoms with van der Waals surface area (Å²) in [6, 6.07) is 1.71. The Labute approximate surface area is 82.9 Å². The van der Waals surface area contributed by atoms with Crippen LogP contribution in [0.25, 0.3) is 0 Å². The molecule has 0 saturated carbocycles. The van der Waals surface area contributed by atoms with E-state index in [2.05, 4.69) is 15.3 Å². The van der Waals surface area contributed by atoms with Crippen molar-refractivity contribution in [1.29, 1.82) is 0 Å². The first-order valence-electron chi connectivity index (χ1n) is 4.08. The number of allylic oxidation sites excluding steroid dienone is 1. The first-order chi connectivity index (χ1) is 6.22. The largest absolute Gasteiger partial charge is 0.366 e. The summed E-state index contributed by atoms with van der Waals surface area (Å²) >= 11 is 5.75. The van der Waals surface area contributed by atoms with Crippen LogP contribution >= 0.6 is 11.6 Å². The zero-order chi connectivity index (χ0) is 9.68. The summed E-state index contributed by atoms with van der Waals surface area (Å²) in [5.41, 5.74) is 0. The number of aromatic nitrogens is 2.